The predicted molar refractivity (Wildman–Crippen MR) is 47.6 cm³/mol. The first kappa shape index (κ1) is 7.73. The van der Waals surface area contributed by atoms with Crippen LogP contribution in [0, 0.1) is 12.7 Å². The lowest BCUT2D eigenvalue weighted by atomic mass is 10.3. The summed E-state index contributed by atoms with van der Waals surface area (Å²) >= 11 is 3.24. The number of rotatable bonds is 0. The molecular formula is C8H6BrFN2. The molecular weight excluding hydrogens is 223 g/mol. The van der Waals surface area contributed by atoms with Crippen molar-refractivity contribution in [1.29, 1.82) is 0 Å². The van der Waals surface area contributed by atoms with Gasteiger partial charge in [-0.15, -0.1) is 0 Å². The number of nitrogens with zero attached hydrogens (tertiary/aromatic N) is 2. The Bertz CT molecular complexity index is 436. The van der Waals surface area contributed by atoms with Crippen LogP contribution in [0.3, 0.4) is 0 Å². The van der Waals surface area contributed by atoms with Crippen molar-refractivity contribution >= 4 is 21.4 Å². The van der Waals surface area contributed by atoms with Crippen molar-refractivity contribution in [3.8, 4) is 0 Å². The van der Waals surface area contributed by atoms with Gasteiger partial charge in [0, 0.05) is 6.20 Å². The van der Waals surface area contributed by atoms with Crippen LogP contribution in [0.2, 0.25) is 0 Å². The Morgan fingerprint density at radius 2 is 2.25 bits per heavy atom. The molecule has 0 amide bonds. The lowest BCUT2D eigenvalue weighted by Crippen LogP contribution is -1.85. The van der Waals surface area contributed by atoms with Crippen molar-refractivity contribution in [3.05, 3.63) is 34.6 Å². The van der Waals surface area contributed by atoms with E-state index in [0.29, 0.717) is 4.73 Å². The first-order valence-corrected chi connectivity index (χ1v) is 4.27. The Kier molecular flexibility index (Phi) is 1.65. The molecule has 0 radical (unpaired) electrons. The fourth-order valence-corrected chi connectivity index (χ4v) is 1.73. The molecule has 0 aliphatic rings. The lowest BCUT2D eigenvalue weighted by Gasteiger charge is -1.94. The van der Waals surface area contributed by atoms with Crippen LogP contribution in [-0.2, 0) is 0 Å². The van der Waals surface area contributed by atoms with E-state index in [-0.39, 0.29) is 5.82 Å². The summed E-state index contributed by atoms with van der Waals surface area (Å²) in [6.45, 7) is 1.89. The molecule has 62 valence electrons. The van der Waals surface area contributed by atoms with E-state index in [9.17, 15) is 4.39 Å². The summed E-state index contributed by atoms with van der Waals surface area (Å²) in [4.78, 5) is 4.14. The number of aryl methyl sites for hydroxylation is 1. The number of halogens is 2. The Morgan fingerprint density at radius 3 is 3.00 bits per heavy atom. The zero-order valence-electron chi connectivity index (χ0n) is 6.38. The van der Waals surface area contributed by atoms with Crippen molar-refractivity contribution in [3.63, 3.8) is 0 Å². The maximum absolute atomic E-state index is 12.8. The molecule has 2 rings (SSSR count). The standard InChI is InChI=1S/C8H6BrFN2/c1-5-7-3-2-6(10)4-12(7)8(9)11-5/h2-4H,1H3. The minimum Gasteiger partial charge on any atom is -0.291 e. The summed E-state index contributed by atoms with van der Waals surface area (Å²) < 4.78 is 15.1. The fourth-order valence-electron chi connectivity index (χ4n) is 1.17. The van der Waals surface area contributed by atoms with Gasteiger partial charge in [0.1, 0.15) is 5.82 Å². The molecule has 2 nitrogen and oxygen atoms in total. The van der Waals surface area contributed by atoms with E-state index >= 15 is 0 Å². The minimum atomic E-state index is -0.263. The van der Waals surface area contributed by atoms with Gasteiger partial charge in [-0.2, -0.15) is 0 Å². The smallest absolute Gasteiger partial charge is 0.182 e. The van der Waals surface area contributed by atoms with Crippen LogP contribution >= 0.6 is 15.9 Å². The van der Waals surface area contributed by atoms with Crippen LogP contribution < -0.4 is 0 Å². The highest BCUT2D eigenvalue weighted by atomic mass is 79.9. The molecule has 4 heteroatoms. The molecule has 0 saturated carbocycles. The maximum Gasteiger partial charge on any atom is 0.182 e. The van der Waals surface area contributed by atoms with Crippen molar-refractivity contribution in [1.82, 2.24) is 9.38 Å². The van der Waals surface area contributed by atoms with Gasteiger partial charge in [-0.3, -0.25) is 4.40 Å². The molecule has 2 heterocycles. The number of fused-ring (bicyclic) bond motifs is 1. The van der Waals surface area contributed by atoms with Crippen LogP contribution in [0.25, 0.3) is 5.52 Å². The van der Waals surface area contributed by atoms with E-state index < -0.39 is 0 Å². The van der Waals surface area contributed by atoms with E-state index in [0.717, 1.165) is 11.2 Å². The minimum absolute atomic E-state index is 0.263. The van der Waals surface area contributed by atoms with Crippen LogP contribution in [0.15, 0.2) is 23.1 Å². The summed E-state index contributed by atoms with van der Waals surface area (Å²) in [7, 11) is 0. The van der Waals surface area contributed by atoms with Gasteiger partial charge in [0.2, 0.25) is 0 Å². The molecule has 0 bridgehead atoms. The zero-order chi connectivity index (χ0) is 8.72. The fraction of sp³-hybridized carbons (Fsp3) is 0.125. The first-order chi connectivity index (χ1) is 5.68. The van der Waals surface area contributed by atoms with Gasteiger partial charge < -0.3 is 0 Å². The molecule has 0 aromatic carbocycles. The molecule has 0 N–H and O–H groups in total. The molecule has 2 aromatic rings. The van der Waals surface area contributed by atoms with Crippen molar-refractivity contribution in [2.75, 3.05) is 0 Å². The number of imidazole rings is 1. The van der Waals surface area contributed by atoms with Crippen molar-refractivity contribution in [2.45, 2.75) is 6.92 Å². The number of pyridine rings is 1. The third-order valence-electron chi connectivity index (χ3n) is 1.74. The highest BCUT2D eigenvalue weighted by molar-refractivity contribution is 9.10. The normalized spacial score (nSPS) is 10.9. The average molecular weight is 229 g/mol. The summed E-state index contributed by atoms with van der Waals surface area (Å²) in [5.41, 5.74) is 1.81. The Balaban J connectivity index is 2.90. The van der Waals surface area contributed by atoms with Crippen molar-refractivity contribution < 1.29 is 4.39 Å². The summed E-state index contributed by atoms with van der Waals surface area (Å²) in [6, 6.07) is 3.14. The molecule has 2 aromatic heterocycles. The highest BCUT2D eigenvalue weighted by Gasteiger charge is 2.04. The maximum atomic E-state index is 12.8. The molecule has 12 heavy (non-hydrogen) atoms. The van der Waals surface area contributed by atoms with E-state index in [4.69, 9.17) is 0 Å². The van der Waals surface area contributed by atoms with Crippen molar-refractivity contribution in [2.24, 2.45) is 0 Å². The molecule has 0 aliphatic heterocycles. The van der Waals surface area contributed by atoms with E-state index in [1.54, 1.807) is 10.5 Å². The molecule has 0 saturated heterocycles. The van der Waals surface area contributed by atoms with Gasteiger partial charge in [-0.05, 0) is 35.0 Å². The van der Waals surface area contributed by atoms with Gasteiger partial charge in [-0.25, -0.2) is 9.37 Å². The average Bonchev–Trinajstić information content (AvgIpc) is 2.28. The number of aromatic nitrogens is 2. The van der Waals surface area contributed by atoms with Gasteiger partial charge in [0.05, 0.1) is 11.2 Å². The second-order valence-corrected chi connectivity index (χ2v) is 3.28. The predicted octanol–water partition coefficient (Wildman–Crippen LogP) is 2.54. The summed E-state index contributed by atoms with van der Waals surface area (Å²) in [5.74, 6) is -0.263. The molecule has 0 aliphatic carbocycles. The van der Waals surface area contributed by atoms with Gasteiger partial charge in [-0.1, -0.05) is 0 Å². The summed E-state index contributed by atoms with van der Waals surface area (Å²) in [5, 5.41) is 0. The number of hydrogen-bond acceptors (Lipinski definition) is 1. The molecule has 0 atom stereocenters. The van der Waals surface area contributed by atoms with Gasteiger partial charge >= 0.3 is 0 Å². The summed E-state index contributed by atoms with van der Waals surface area (Å²) in [6.07, 6.45) is 1.40. The SMILES string of the molecule is Cc1nc(Br)n2cc(F)ccc12. The van der Waals surface area contributed by atoms with Gasteiger partial charge in [0.15, 0.2) is 4.73 Å². The Labute approximate surface area is 77.2 Å². The first-order valence-electron chi connectivity index (χ1n) is 3.48. The van der Waals surface area contributed by atoms with E-state index in [1.165, 1.54) is 12.3 Å². The molecule has 0 spiro atoms. The van der Waals surface area contributed by atoms with Crippen LogP contribution in [0.1, 0.15) is 5.69 Å². The highest BCUT2D eigenvalue weighted by Crippen LogP contribution is 2.16. The lowest BCUT2D eigenvalue weighted by molar-refractivity contribution is 0.618. The Hall–Kier alpha value is -0.900. The zero-order valence-corrected chi connectivity index (χ0v) is 7.97. The van der Waals surface area contributed by atoms with Crippen LogP contribution in [0.4, 0.5) is 4.39 Å². The van der Waals surface area contributed by atoms with E-state index in [1.807, 2.05) is 6.92 Å². The third kappa shape index (κ3) is 1.03. The topological polar surface area (TPSA) is 17.3 Å². The quantitative estimate of drug-likeness (QED) is 0.678. The van der Waals surface area contributed by atoms with Crippen LogP contribution in [-0.4, -0.2) is 9.38 Å². The number of hydrogen-bond donors (Lipinski definition) is 0. The van der Waals surface area contributed by atoms with E-state index in [2.05, 4.69) is 20.9 Å². The monoisotopic (exact) mass is 228 g/mol. The second-order valence-electron chi connectivity index (χ2n) is 2.57. The Morgan fingerprint density at radius 1 is 1.50 bits per heavy atom. The molecule has 0 fully saturated rings. The third-order valence-corrected chi connectivity index (χ3v) is 2.30. The van der Waals surface area contributed by atoms with Crippen LogP contribution in [0.5, 0.6) is 0 Å². The second kappa shape index (κ2) is 2.55. The molecule has 0 unspecified atom stereocenters. The largest absolute Gasteiger partial charge is 0.291 e. The van der Waals surface area contributed by atoms with Gasteiger partial charge in [0.25, 0.3) is 0 Å².